The molecule has 0 aliphatic carbocycles. The van der Waals surface area contributed by atoms with Crippen molar-refractivity contribution < 1.29 is 9.13 Å². The van der Waals surface area contributed by atoms with E-state index >= 15 is 0 Å². The van der Waals surface area contributed by atoms with Gasteiger partial charge in [-0.1, -0.05) is 0 Å². The monoisotopic (exact) mass is 248 g/mol. The minimum atomic E-state index is -0.401. The van der Waals surface area contributed by atoms with Gasteiger partial charge in [-0.25, -0.2) is 14.4 Å². The summed E-state index contributed by atoms with van der Waals surface area (Å²) in [6.07, 6.45) is 1.44. The smallest absolute Gasteiger partial charge is 0.165 e. The summed E-state index contributed by atoms with van der Waals surface area (Å²) in [4.78, 5) is 8.06. The second-order valence-corrected chi connectivity index (χ2v) is 3.51. The first-order valence-corrected chi connectivity index (χ1v) is 5.33. The summed E-state index contributed by atoms with van der Waals surface area (Å²) >= 11 is 0. The van der Waals surface area contributed by atoms with Gasteiger partial charge in [-0.3, -0.25) is 0 Å². The number of rotatable bonds is 4. The fraction of sp³-hybridized carbons (Fsp3) is 0.167. The van der Waals surface area contributed by atoms with Crippen molar-refractivity contribution in [2.75, 3.05) is 24.8 Å². The molecule has 6 heteroatoms. The fourth-order valence-corrected chi connectivity index (χ4v) is 1.45. The van der Waals surface area contributed by atoms with Gasteiger partial charge in [0.15, 0.2) is 11.6 Å². The van der Waals surface area contributed by atoms with Gasteiger partial charge in [0.25, 0.3) is 0 Å². The molecule has 0 amide bonds. The lowest BCUT2D eigenvalue weighted by atomic mass is 10.3. The predicted octanol–water partition coefficient (Wildman–Crippen LogP) is 2.41. The third-order valence-corrected chi connectivity index (χ3v) is 2.35. The molecule has 5 nitrogen and oxygen atoms in total. The molecule has 0 unspecified atom stereocenters. The topological polar surface area (TPSA) is 59.1 Å². The lowest BCUT2D eigenvalue weighted by molar-refractivity contribution is 0.387. The maximum Gasteiger partial charge on any atom is 0.165 e. The third-order valence-electron chi connectivity index (χ3n) is 2.35. The lowest BCUT2D eigenvalue weighted by Gasteiger charge is -2.08. The van der Waals surface area contributed by atoms with Crippen LogP contribution in [0, 0.1) is 5.82 Å². The van der Waals surface area contributed by atoms with Gasteiger partial charge >= 0.3 is 0 Å². The molecule has 0 radical (unpaired) electrons. The zero-order chi connectivity index (χ0) is 13.0. The van der Waals surface area contributed by atoms with Crippen LogP contribution in [0.15, 0.2) is 30.6 Å². The minimum Gasteiger partial charge on any atom is -0.494 e. The van der Waals surface area contributed by atoms with Crippen LogP contribution in [0.4, 0.5) is 21.7 Å². The Morgan fingerprint density at radius 3 is 2.67 bits per heavy atom. The SMILES string of the molecule is CNc1cc(Nc2ccc(F)c(OC)c2)ncn1. The van der Waals surface area contributed by atoms with E-state index in [1.54, 1.807) is 25.2 Å². The zero-order valence-electron chi connectivity index (χ0n) is 10.1. The fourth-order valence-electron chi connectivity index (χ4n) is 1.45. The van der Waals surface area contributed by atoms with Crippen LogP contribution in [0.3, 0.4) is 0 Å². The molecule has 0 aliphatic heterocycles. The van der Waals surface area contributed by atoms with E-state index in [-0.39, 0.29) is 5.75 Å². The van der Waals surface area contributed by atoms with Gasteiger partial charge in [-0.05, 0) is 12.1 Å². The van der Waals surface area contributed by atoms with Crippen molar-refractivity contribution in [3.63, 3.8) is 0 Å². The summed E-state index contributed by atoms with van der Waals surface area (Å²) < 4.78 is 18.1. The molecule has 2 rings (SSSR count). The molecule has 94 valence electrons. The molecule has 1 aromatic heterocycles. The Bertz CT molecular complexity index is 547. The summed E-state index contributed by atoms with van der Waals surface area (Å²) in [5, 5.41) is 5.95. The molecule has 1 heterocycles. The molecule has 0 spiro atoms. The van der Waals surface area contributed by atoms with E-state index in [0.29, 0.717) is 17.3 Å². The van der Waals surface area contributed by atoms with Crippen molar-refractivity contribution in [1.29, 1.82) is 0 Å². The maximum atomic E-state index is 13.2. The van der Waals surface area contributed by atoms with E-state index in [1.807, 2.05) is 0 Å². The van der Waals surface area contributed by atoms with Gasteiger partial charge in [-0.2, -0.15) is 0 Å². The van der Waals surface area contributed by atoms with E-state index in [0.717, 1.165) is 0 Å². The molecule has 1 aromatic carbocycles. The molecule has 0 aliphatic rings. The van der Waals surface area contributed by atoms with E-state index in [4.69, 9.17) is 4.74 Å². The first kappa shape index (κ1) is 12.1. The van der Waals surface area contributed by atoms with Crippen molar-refractivity contribution in [3.8, 4) is 5.75 Å². The largest absolute Gasteiger partial charge is 0.494 e. The van der Waals surface area contributed by atoms with Gasteiger partial charge in [0.05, 0.1) is 7.11 Å². The van der Waals surface area contributed by atoms with Crippen molar-refractivity contribution in [1.82, 2.24) is 9.97 Å². The molecule has 0 atom stereocenters. The molecular weight excluding hydrogens is 235 g/mol. The Balaban J connectivity index is 2.22. The van der Waals surface area contributed by atoms with Gasteiger partial charge in [-0.15, -0.1) is 0 Å². The Kier molecular flexibility index (Phi) is 3.57. The number of nitrogens with one attached hydrogen (secondary N) is 2. The highest BCUT2D eigenvalue weighted by molar-refractivity contribution is 5.60. The second-order valence-electron chi connectivity index (χ2n) is 3.51. The summed E-state index contributed by atoms with van der Waals surface area (Å²) in [6.45, 7) is 0. The summed E-state index contributed by atoms with van der Waals surface area (Å²) in [6, 6.07) is 6.26. The minimum absolute atomic E-state index is 0.183. The quantitative estimate of drug-likeness (QED) is 0.870. The van der Waals surface area contributed by atoms with Crippen molar-refractivity contribution in [3.05, 3.63) is 36.4 Å². The van der Waals surface area contributed by atoms with Gasteiger partial charge in [0, 0.05) is 24.9 Å². The zero-order valence-corrected chi connectivity index (χ0v) is 10.1. The Labute approximate surface area is 104 Å². The number of benzene rings is 1. The van der Waals surface area contributed by atoms with E-state index in [2.05, 4.69) is 20.6 Å². The number of methoxy groups -OCH3 is 1. The van der Waals surface area contributed by atoms with Crippen LogP contribution in [0.5, 0.6) is 5.75 Å². The first-order valence-electron chi connectivity index (χ1n) is 5.33. The number of aromatic nitrogens is 2. The Morgan fingerprint density at radius 2 is 1.94 bits per heavy atom. The predicted molar refractivity (Wildman–Crippen MR) is 67.8 cm³/mol. The summed E-state index contributed by atoms with van der Waals surface area (Å²) in [5.41, 5.74) is 0.689. The number of nitrogens with zero attached hydrogens (tertiary/aromatic N) is 2. The van der Waals surface area contributed by atoms with E-state index in [9.17, 15) is 4.39 Å². The summed E-state index contributed by atoms with van der Waals surface area (Å²) in [5.74, 6) is 1.09. The molecule has 2 N–H and O–H groups in total. The standard InChI is InChI=1S/C12H13FN4O/c1-14-11-6-12(16-7-15-11)17-8-3-4-9(13)10(5-8)18-2/h3-7H,1-2H3,(H2,14,15,16,17). The van der Waals surface area contributed by atoms with Crippen LogP contribution in [0.25, 0.3) is 0 Å². The molecule has 18 heavy (non-hydrogen) atoms. The molecule has 2 aromatic rings. The Hall–Kier alpha value is -2.37. The number of halogens is 1. The lowest BCUT2D eigenvalue weighted by Crippen LogP contribution is -1.98. The van der Waals surface area contributed by atoms with Crippen LogP contribution >= 0.6 is 0 Å². The normalized spacial score (nSPS) is 9.94. The van der Waals surface area contributed by atoms with E-state index in [1.165, 1.54) is 19.5 Å². The number of anilines is 3. The van der Waals surface area contributed by atoms with Crippen LogP contribution in [0.1, 0.15) is 0 Å². The van der Waals surface area contributed by atoms with E-state index < -0.39 is 5.82 Å². The van der Waals surface area contributed by atoms with Gasteiger partial charge < -0.3 is 15.4 Å². The molecular formula is C12H13FN4O. The van der Waals surface area contributed by atoms with Crippen molar-refractivity contribution in [2.45, 2.75) is 0 Å². The summed E-state index contributed by atoms with van der Waals surface area (Å²) in [7, 11) is 3.19. The second kappa shape index (κ2) is 5.31. The molecule has 0 saturated heterocycles. The van der Waals surface area contributed by atoms with Gasteiger partial charge in [0.2, 0.25) is 0 Å². The highest BCUT2D eigenvalue weighted by atomic mass is 19.1. The number of ether oxygens (including phenoxy) is 1. The number of hydrogen-bond acceptors (Lipinski definition) is 5. The molecule has 0 saturated carbocycles. The van der Waals surface area contributed by atoms with Crippen molar-refractivity contribution in [2.24, 2.45) is 0 Å². The Morgan fingerprint density at radius 1 is 1.17 bits per heavy atom. The van der Waals surface area contributed by atoms with Crippen molar-refractivity contribution >= 4 is 17.3 Å². The van der Waals surface area contributed by atoms with Crippen LogP contribution in [0.2, 0.25) is 0 Å². The average Bonchev–Trinajstić information content (AvgIpc) is 2.41. The third kappa shape index (κ3) is 2.65. The van der Waals surface area contributed by atoms with Crippen LogP contribution in [-0.4, -0.2) is 24.1 Å². The van der Waals surface area contributed by atoms with Crippen LogP contribution < -0.4 is 15.4 Å². The molecule has 0 fully saturated rings. The average molecular weight is 248 g/mol. The number of hydrogen-bond donors (Lipinski definition) is 2. The first-order chi connectivity index (χ1) is 8.72. The molecule has 0 bridgehead atoms. The van der Waals surface area contributed by atoms with Gasteiger partial charge in [0.1, 0.15) is 18.0 Å². The maximum absolute atomic E-state index is 13.2. The highest BCUT2D eigenvalue weighted by Gasteiger charge is 2.04. The van der Waals surface area contributed by atoms with Crippen LogP contribution in [-0.2, 0) is 0 Å². The highest BCUT2D eigenvalue weighted by Crippen LogP contribution is 2.23.